The van der Waals surface area contributed by atoms with Crippen LogP contribution in [0.4, 0.5) is 4.39 Å². The van der Waals surface area contributed by atoms with E-state index < -0.39 is 31.7 Å². The lowest BCUT2D eigenvalue weighted by molar-refractivity contribution is -0.0737. The maximum absolute atomic E-state index is 15.1. The summed E-state index contributed by atoms with van der Waals surface area (Å²) in [5, 5.41) is 20.7. The van der Waals surface area contributed by atoms with Crippen LogP contribution in [0.3, 0.4) is 0 Å². The van der Waals surface area contributed by atoms with Gasteiger partial charge >= 0.3 is 7.60 Å². The minimum Gasteiger partial charge on any atom is -0.507 e. The molecule has 1 aromatic heterocycles. The molecular weight excluding hydrogens is 535 g/mol. The van der Waals surface area contributed by atoms with E-state index in [2.05, 4.69) is 0 Å². The van der Waals surface area contributed by atoms with Gasteiger partial charge in [0.1, 0.15) is 23.4 Å². The van der Waals surface area contributed by atoms with Crippen LogP contribution in [0.2, 0.25) is 10.0 Å². The van der Waals surface area contributed by atoms with Gasteiger partial charge in [-0.05, 0) is 37.6 Å². The van der Waals surface area contributed by atoms with E-state index in [-0.39, 0.29) is 45.4 Å². The molecule has 36 heavy (non-hydrogen) atoms. The zero-order valence-electron chi connectivity index (χ0n) is 19.4. The van der Waals surface area contributed by atoms with E-state index in [4.69, 9.17) is 37.0 Å². The van der Waals surface area contributed by atoms with Crippen molar-refractivity contribution in [1.29, 1.82) is 0 Å². The molecule has 0 fully saturated rings. The predicted molar refractivity (Wildman–Crippen MR) is 135 cm³/mol. The number of aliphatic hydroxyl groups excluding tert-OH is 1. The van der Waals surface area contributed by atoms with Crippen molar-refractivity contribution < 1.29 is 33.0 Å². The second kappa shape index (κ2) is 12.1. The van der Waals surface area contributed by atoms with Crippen molar-refractivity contribution in [3.63, 3.8) is 0 Å². The molecule has 2 aromatic carbocycles. The predicted octanol–water partition coefficient (Wildman–Crippen LogP) is 5.75. The van der Waals surface area contributed by atoms with Gasteiger partial charge in [0.25, 0.3) is 5.56 Å². The van der Waals surface area contributed by atoms with Gasteiger partial charge in [-0.25, -0.2) is 8.96 Å². The van der Waals surface area contributed by atoms with E-state index in [0.717, 1.165) is 12.3 Å². The number of pyridine rings is 1. The standard InChI is InChI=1S/C24H25Cl2FNO7P/c1-15-14-28(22(30)13-18(15)29)24(27)23(31)21(33-2)11-12-36(32,34-19-9-5-3-7-16(19)25)35-20-10-6-4-8-17(20)26/h3-10,13-14,21,23-24,29,31H,11-12H2,1-2H3. The van der Waals surface area contributed by atoms with Crippen LogP contribution in [-0.4, -0.2) is 40.3 Å². The van der Waals surface area contributed by atoms with Crippen molar-refractivity contribution in [2.24, 2.45) is 0 Å². The van der Waals surface area contributed by atoms with E-state index in [1.54, 1.807) is 36.4 Å². The zero-order chi connectivity index (χ0) is 26.5. The van der Waals surface area contributed by atoms with Gasteiger partial charge in [0.05, 0.1) is 22.3 Å². The number of aromatic nitrogens is 1. The average Bonchev–Trinajstić information content (AvgIpc) is 2.84. The summed E-state index contributed by atoms with van der Waals surface area (Å²) in [5.74, 6) is -0.104. The first-order chi connectivity index (χ1) is 17.0. The topological polar surface area (TPSA) is 107 Å². The number of aliphatic hydroxyl groups is 1. The highest BCUT2D eigenvalue weighted by atomic mass is 35.5. The van der Waals surface area contributed by atoms with Gasteiger partial charge in [0.2, 0.25) is 6.30 Å². The molecule has 1 heterocycles. The Hall–Kier alpha value is -2.55. The molecule has 0 aliphatic rings. The molecule has 0 saturated carbocycles. The highest BCUT2D eigenvalue weighted by molar-refractivity contribution is 7.54. The number of methoxy groups -OCH3 is 1. The summed E-state index contributed by atoms with van der Waals surface area (Å²) in [7, 11) is -2.80. The van der Waals surface area contributed by atoms with Gasteiger partial charge in [-0.2, -0.15) is 0 Å². The minimum absolute atomic E-state index is 0.0959. The van der Waals surface area contributed by atoms with E-state index in [9.17, 15) is 19.6 Å². The normalized spacial score (nSPS) is 14.2. The Balaban J connectivity index is 1.84. The lowest BCUT2D eigenvalue weighted by atomic mass is 10.1. The fraction of sp³-hybridized carbons (Fsp3) is 0.292. The molecule has 0 aliphatic carbocycles. The molecule has 0 saturated heterocycles. The van der Waals surface area contributed by atoms with Gasteiger partial charge in [0, 0.05) is 24.9 Å². The van der Waals surface area contributed by atoms with Gasteiger partial charge in [0.15, 0.2) is 0 Å². The number of nitrogens with zero attached hydrogens (tertiary/aromatic N) is 1. The van der Waals surface area contributed by atoms with Crippen LogP contribution in [0.25, 0.3) is 0 Å². The van der Waals surface area contributed by atoms with E-state index in [1.165, 1.54) is 26.2 Å². The number of aromatic hydroxyl groups is 1. The lowest BCUT2D eigenvalue weighted by Crippen LogP contribution is -2.38. The van der Waals surface area contributed by atoms with E-state index >= 15 is 4.39 Å². The summed E-state index contributed by atoms with van der Waals surface area (Å²) in [6.45, 7) is 1.48. The number of para-hydroxylation sites is 2. The van der Waals surface area contributed by atoms with Crippen LogP contribution >= 0.6 is 30.8 Å². The van der Waals surface area contributed by atoms with E-state index in [0.29, 0.717) is 4.57 Å². The summed E-state index contributed by atoms with van der Waals surface area (Å²) >= 11 is 12.3. The van der Waals surface area contributed by atoms with Gasteiger partial charge in [-0.15, -0.1) is 0 Å². The number of hydrogen-bond acceptors (Lipinski definition) is 7. The molecule has 12 heteroatoms. The number of benzene rings is 2. The Bertz CT molecular complexity index is 1250. The molecule has 0 spiro atoms. The molecule has 8 nitrogen and oxygen atoms in total. The summed E-state index contributed by atoms with van der Waals surface area (Å²) in [6.07, 6.45) is -4.67. The summed E-state index contributed by atoms with van der Waals surface area (Å²) in [6, 6.07) is 13.5. The van der Waals surface area contributed by atoms with Crippen molar-refractivity contribution in [2.45, 2.75) is 31.8 Å². The number of alkyl halides is 1. The maximum atomic E-state index is 15.1. The molecule has 0 amide bonds. The van der Waals surface area contributed by atoms with Crippen LogP contribution in [0.5, 0.6) is 17.2 Å². The molecule has 0 bridgehead atoms. The van der Waals surface area contributed by atoms with Crippen molar-refractivity contribution >= 4 is 30.8 Å². The molecule has 3 atom stereocenters. The second-order valence-electron chi connectivity index (χ2n) is 7.89. The lowest BCUT2D eigenvalue weighted by Gasteiger charge is -2.27. The number of halogens is 3. The minimum atomic E-state index is -4.03. The molecule has 2 N–H and O–H groups in total. The number of rotatable bonds is 11. The Morgan fingerprint density at radius 2 is 1.58 bits per heavy atom. The molecule has 0 aliphatic heterocycles. The van der Waals surface area contributed by atoms with Crippen LogP contribution in [0.1, 0.15) is 18.3 Å². The Labute approximate surface area is 217 Å². The first-order valence-corrected chi connectivity index (χ1v) is 13.3. The Morgan fingerprint density at radius 3 is 2.08 bits per heavy atom. The van der Waals surface area contributed by atoms with Crippen LogP contribution in [0, 0.1) is 6.92 Å². The fourth-order valence-electron chi connectivity index (χ4n) is 3.34. The molecule has 0 radical (unpaired) electrons. The van der Waals surface area contributed by atoms with Gasteiger partial charge in [-0.3, -0.25) is 9.36 Å². The van der Waals surface area contributed by atoms with Crippen LogP contribution in [0.15, 0.2) is 65.6 Å². The van der Waals surface area contributed by atoms with Crippen molar-refractivity contribution in [3.8, 4) is 17.2 Å². The van der Waals surface area contributed by atoms with E-state index in [1.807, 2.05) is 0 Å². The molecular formula is C24H25Cl2FNO7P. The quantitative estimate of drug-likeness (QED) is 0.288. The highest BCUT2D eigenvalue weighted by Crippen LogP contribution is 2.52. The average molecular weight is 560 g/mol. The number of aryl methyl sites for hydroxylation is 1. The zero-order valence-corrected chi connectivity index (χ0v) is 21.8. The molecule has 194 valence electrons. The monoisotopic (exact) mass is 559 g/mol. The van der Waals surface area contributed by atoms with Crippen LogP contribution in [-0.2, 0) is 9.30 Å². The Kier molecular flexibility index (Phi) is 9.44. The number of ether oxygens (including phenoxy) is 1. The largest absolute Gasteiger partial charge is 0.507 e. The Morgan fingerprint density at radius 1 is 1.06 bits per heavy atom. The summed E-state index contributed by atoms with van der Waals surface area (Å²) in [4.78, 5) is 12.1. The van der Waals surface area contributed by atoms with Crippen molar-refractivity contribution in [1.82, 2.24) is 4.57 Å². The third-order valence-electron chi connectivity index (χ3n) is 5.32. The highest BCUT2D eigenvalue weighted by Gasteiger charge is 2.36. The first kappa shape index (κ1) is 28.0. The van der Waals surface area contributed by atoms with Crippen molar-refractivity contribution in [3.05, 3.63) is 86.8 Å². The molecule has 3 unspecified atom stereocenters. The molecule has 3 aromatic rings. The summed E-state index contributed by atoms with van der Waals surface area (Å²) < 4.78 is 46.2. The molecule has 3 rings (SSSR count). The SMILES string of the molecule is COC(CCP(=O)(Oc1ccccc1Cl)Oc1ccccc1Cl)C(O)C(F)n1cc(C)c(O)cc1=O. The maximum Gasteiger partial charge on any atom is 0.430 e. The van der Waals surface area contributed by atoms with Gasteiger partial charge < -0.3 is 24.0 Å². The van der Waals surface area contributed by atoms with Gasteiger partial charge in [-0.1, -0.05) is 47.5 Å². The smallest absolute Gasteiger partial charge is 0.430 e. The summed E-state index contributed by atoms with van der Waals surface area (Å²) in [5.41, 5.74) is -0.613. The third kappa shape index (κ3) is 6.81. The van der Waals surface area contributed by atoms with Crippen LogP contribution < -0.4 is 14.6 Å². The third-order valence-corrected chi connectivity index (χ3v) is 7.70. The second-order valence-corrected chi connectivity index (χ2v) is 10.7. The first-order valence-electron chi connectivity index (χ1n) is 10.8. The fourth-order valence-corrected chi connectivity index (χ4v) is 5.50. The van der Waals surface area contributed by atoms with Crippen molar-refractivity contribution in [2.75, 3.05) is 13.3 Å². The number of hydrogen-bond donors (Lipinski definition) is 2.